The lowest BCUT2D eigenvalue weighted by Gasteiger charge is -2.11. The van der Waals surface area contributed by atoms with Crippen molar-refractivity contribution in [2.24, 2.45) is 4.99 Å². The van der Waals surface area contributed by atoms with Gasteiger partial charge in [0.1, 0.15) is 11.6 Å². The first kappa shape index (κ1) is 21.4. The number of nitrogens with one attached hydrogen (secondary N) is 3. The molecule has 4 rings (SSSR count). The number of aromatic nitrogens is 4. The lowest BCUT2D eigenvalue weighted by atomic mass is 10.1. The van der Waals surface area contributed by atoms with Crippen molar-refractivity contribution in [1.82, 2.24) is 30.4 Å². The highest BCUT2D eigenvalue weighted by Gasteiger charge is 2.14. The molecule has 0 aliphatic carbocycles. The van der Waals surface area contributed by atoms with Crippen molar-refractivity contribution in [1.29, 1.82) is 0 Å². The average Bonchev–Trinajstić information content (AvgIpc) is 3.21. The first-order valence-electron chi connectivity index (χ1n) is 11.8. The summed E-state index contributed by atoms with van der Waals surface area (Å²) in [4.78, 5) is 8.26. The van der Waals surface area contributed by atoms with Crippen LogP contribution in [-0.2, 0) is 25.8 Å². The summed E-state index contributed by atoms with van der Waals surface area (Å²) in [5, 5.41) is 17.0. The molecule has 0 fully saturated rings. The van der Waals surface area contributed by atoms with E-state index in [1.165, 1.54) is 47.2 Å². The number of guanidine groups is 1. The molecule has 2 aromatic heterocycles. The van der Waals surface area contributed by atoms with Crippen LogP contribution in [-0.4, -0.2) is 45.3 Å². The van der Waals surface area contributed by atoms with Gasteiger partial charge in [0.2, 0.25) is 0 Å². The van der Waals surface area contributed by atoms with Crippen LogP contribution < -0.4 is 10.6 Å². The van der Waals surface area contributed by atoms with E-state index >= 15 is 0 Å². The largest absolute Gasteiger partial charge is 0.358 e. The minimum absolute atomic E-state index is 0.781. The predicted octanol–water partition coefficient (Wildman–Crippen LogP) is 3.52. The molecule has 7 nitrogen and oxygen atoms in total. The first-order chi connectivity index (χ1) is 15.3. The summed E-state index contributed by atoms with van der Waals surface area (Å²) < 4.78 is 2.34. The molecule has 0 unspecified atom stereocenters. The van der Waals surface area contributed by atoms with Crippen LogP contribution in [0.3, 0.4) is 0 Å². The van der Waals surface area contributed by atoms with Crippen molar-refractivity contribution in [2.75, 3.05) is 19.6 Å². The van der Waals surface area contributed by atoms with Crippen molar-refractivity contribution in [3.05, 3.63) is 47.2 Å². The molecule has 0 saturated heterocycles. The Hall–Kier alpha value is -2.83. The smallest absolute Gasteiger partial charge is 0.191 e. The van der Waals surface area contributed by atoms with Crippen LogP contribution in [0, 0.1) is 6.92 Å². The first-order valence-corrected chi connectivity index (χ1v) is 11.8. The van der Waals surface area contributed by atoms with E-state index in [-0.39, 0.29) is 0 Å². The standard InChI is InChI=1S/C24H35N7/c1-3-25-24(27-16-14-19-18(2)28-21-11-7-6-10-20(19)21)26-15-9-13-23-30-29-22-12-5-4-8-17-31(22)23/h6-7,10-11,28H,3-5,8-9,12-17H2,1-2H3,(H2,25,26,27). The fourth-order valence-corrected chi connectivity index (χ4v) is 4.46. The third kappa shape index (κ3) is 5.27. The number of fused-ring (bicyclic) bond motifs is 2. The number of para-hydroxylation sites is 1. The van der Waals surface area contributed by atoms with Gasteiger partial charge in [0.15, 0.2) is 5.96 Å². The molecule has 0 amide bonds. The van der Waals surface area contributed by atoms with E-state index in [1.54, 1.807) is 0 Å². The molecule has 0 spiro atoms. The molecular weight excluding hydrogens is 386 g/mol. The Balaban J connectivity index is 1.28. The molecule has 7 heteroatoms. The van der Waals surface area contributed by atoms with E-state index < -0.39 is 0 Å². The highest BCUT2D eigenvalue weighted by molar-refractivity contribution is 5.84. The summed E-state index contributed by atoms with van der Waals surface area (Å²) in [6.07, 6.45) is 7.71. The third-order valence-corrected chi connectivity index (χ3v) is 6.05. The van der Waals surface area contributed by atoms with Crippen LogP contribution in [0.15, 0.2) is 29.3 Å². The Morgan fingerprint density at radius 3 is 2.94 bits per heavy atom. The molecule has 3 N–H and O–H groups in total. The summed E-state index contributed by atoms with van der Waals surface area (Å²) in [5.74, 6) is 3.18. The summed E-state index contributed by atoms with van der Waals surface area (Å²) in [5.41, 5.74) is 3.84. The minimum Gasteiger partial charge on any atom is -0.358 e. The Labute approximate surface area is 184 Å². The van der Waals surface area contributed by atoms with E-state index in [9.17, 15) is 0 Å². The van der Waals surface area contributed by atoms with Crippen LogP contribution in [0.1, 0.15) is 55.5 Å². The Bertz CT molecular complexity index is 1010. The van der Waals surface area contributed by atoms with Gasteiger partial charge in [0.05, 0.1) is 0 Å². The molecule has 1 aliphatic heterocycles. The summed E-state index contributed by atoms with van der Waals surface area (Å²) in [6.45, 7) is 7.82. The van der Waals surface area contributed by atoms with E-state index in [4.69, 9.17) is 4.99 Å². The maximum atomic E-state index is 4.78. The zero-order chi connectivity index (χ0) is 21.5. The summed E-state index contributed by atoms with van der Waals surface area (Å²) in [7, 11) is 0. The van der Waals surface area contributed by atoms with Gasteiger partial charge >= 0.3 is 0 Å². The second-order valence-corrected chi connectivity index (χ2v) is 8.31. The fraction of sp³-hybridized carbons (Fsp3) is 0.542. The monoisotopic (exact) mass is 421 g/mol. The van der Waals surface area contributed by atoms with Gasteiger partial charge in [-0.1, -0.05) is 24.6 Å². The van der Waals surface area contributed by atoms with Gasteiger partial charge in [-0.05, 0) is 51.2 Å². The van der Waals surface area contributed by atoms with Crippen molar-refractivity contribution in [3.63, 3.8) is 0 Å². The highest BCUT2D eigenvalue weighted by Crippen LogP contribution is 2.22. The molecule has 3 aromatic rings. The van der Waals surface area contributed by atoms with Crippen LogP contribution in [0.5, 0.6) is 0 Å². The van der Waals surface area contributed by atoms with Gasteiger partial charge in [0.25, 0.3) is 0 Å². The number of H-pyrrole nitrogens is 1. The number of aliphatic imine (C=N–C) groups is 1. The van der Waals surface area contributed by atoms with Crippen LogP contribution in [0.2, 0.25) is 0 Å². The van der Waals surface area contributed by atoms with Crippen molar-refractivity contribution >= 4 is 16.9 Å². The number of benzene rings is 1. The number of rotatable bonds is 8. The van der Waals surface area contributed by atoms with Gasteiger partial charge in [0, 0.05) is 55.6 Å². The second-order valence-electron chi connectivity index (χ2n) is 8.31. The van der Waals surface area contributed by atoms with E-state index in [0.717, 1.165) is 63.6 Å². The van der Waals surface area contributed by atoms with Crippen LogP contribution in [0.25, 0.3) is 10.9 Å². The maximum absolute atomic E-state index is 4.78. The SMILES string of the molecule is CCNC(=NCCCc1nnc2n1CCCCC2)NCCc1c(C)[nH]c2ccccc12. The molecule has 166 valence electrons. The van der Waals surface area contributed by atoms with Gasteiger partial charge in [-0.25, -0.2) is 0 Å². The van der Waals surface area contributed by atoms with Gasteiger partial charge < -0.3 is 20.2 Å². The van der Waals surface area contributed by atoms with Gasteiger partial charge in [-0.2, -0.15) is 0 Å². The zero-order valence-corrected chi connectivity index (χ0v) is 18.9. The number of hydrogen-bond donors (Lipinski definition) is 3. The van der Waals surface area contributed by atoms with Gasteiger partial charge in [-0.15, -0.1) is 10.2 Å². The normalized spacial score (nSPS) is 14.5. The number of aryl methyl sites for hydroxylation is 3. The van der Waals surface area contributed by atoms with Gasteiger partial charge in [-0.3, -0.25) is 4.99 Å². The molecule has 1 aliphatic rings. The third-order valence-electron chi connectivity index (χ3n) is 6.05. The van der Waals surface area contributed by atoms with Crippen molar-refractivity contribution in [3.8, 4) is 0 Å². The molecule has 3 heterocycles. The van der Waals surface area contributed by atoms with E-state index in [0.29, 0.717) is 0 Å². The Morgan fingerprint density at radius 2 is 2.03 bits per heavy atom. The summed E-state index contributed by atoms with van der Waals surface area (Å²) >= 11 is 0. The van der Waals surface area contributed by atoms with Crippen LogP contribution >= 0.6 is 0 Å². The average molecular weight is 422 g/mol. The lowest BCUT2D eigenvalue weighted by Crippen LogP contribution is -2.38. The fourth-order valence-electron chi connectivity index (χ4n) is 4.46. The van der Waals surface area contributed by atoms with Crippen molar-refractivity contribution in [2.45, 2.75) is 65.3 Å². The Kier molecular flexibility index (Phi) is 7.22. The molecule has 1 aromatic carbocycles. The number of nitrogens with zero attached hydrogens (tertiary/aromatic N) is 4. The highest BCUT2D eigenvalue weighted by atomic mass is 15.3. The molecule has 31 heavy (non-hydrogen) atoms. The van der Waals surface area contributed by atoms with Crippen molar-refractivity contribution < 1.29 is 0 Å². The van der Waals surface area contributed by atoms with E-state index in [1.807, 2.05) is 0 Å². The zero-order valence-electron chi connectivity index (χ0n) is 18.9. The quantitative estimate of drug-likeness (QED) is 0.295. The molecule has 0 bridgehead atoms. The lowest BCUT2D eigenvalue weighted by molar-refractivity contribution is 0.597. The number of aromatic amines is 1. The van der Waals surface area contributed by atoms with Crippen LogP contribution in [0.4, 0.5) is 0 Å². The minimum atomic E-state index is 0.781. The second kappa shape index (κ2) is 10.5. The molecule has 0 radical (unpaired) electrons. The maximum Gasteiger partial charge on any atom is 0.191 e. The molecule has 0 atom stereocenters. The van der Waals surface area contributed by atoms with E-state index in [2.05, 4.69) is 68.5 Å². The molecular formula is C24H35N7. The summed E-state index contributed by atoms with van der Waals surface area (Å²) in [6, 6.07) is 8.51. The predicted molar refractivity (Wildman–Crippen MR) is 127 cm³/mol. The topological polar surface area (TPSA) is 82.9 Å². The Morgan fingerprint density at radius 1 is 1.13 bits per heavy atom. The number of hydrogen-bond acceptors (Lipinski definition) is 3. The molecule has 0 saturated carbocycles.